The molecule has 6 nitrogen and oxygen atoms in total. The van der Waals surface area contributed by atoms with E-state index in [1.165, 1.54) is 6.92 Å². The van der Waals surface area contributed by atoms with E-state index in [0.717, 1.165) is 0 Å². The second-order valence-electron chi connectivity index (χ2n) is 2.80. The fourth-order valence-corrected chi connectivity index (χ4v) is 0.887. The number of hydrogen-bond donors (Lipinski definition) is 4. The summed E-state index contributed by atoms with van der Waals surface area (Å²) in [5, 5.41) is 11.4. The first-order valence-corrected chi connectivity index (χ1v) is 3.92. The normalized spacial score (nSPS) is 14.7. The first-order valence-electron chi connectivity index (χ1n) is 3.92. The van der Waals surface area contributed by atoms with Crippen LogP contribution < -0.4 is 16.8 Å². The standard InChI is InChI=1S/C7H15N3O3/c1-4(11)10-5(7(9)13)2-3-6(8)12/h5,7,13H,2-3,9H2,1H3,(H2,8,12)(H,10,11)/t5-,7?/m0/s1. The molecule has 0 rings (SSSR count). The Morgan fingerprint density at radius 1 is 1.54 bits per heavy atom. The fourth-order valence-electron chi connectivity index (χ4n) is 0.887. The molecule has 0 aliphatic heterocycles. The molecule has 0 aromatic carbocycles. The molecule has 6 heteroatoms. The van der Waals surface area contributed by atoms with Crippen LogP contribution in [0.2, 0.25) is 0 Å². The van der Waals surface area contributed by atoms with Crippen molar-refractivity contribution in [2.45, 2.75) is 32.0 Å². The summed E-state index contributed by atoms with van der Waals surface area (Å²) in [7, 11) is 0. The van der Waals surface area contributed by atoms with Crippen LogP contribution >= 0.6 is 0 Å². The lowest BCUT2D eigenvalue weighted by Gasteiger charge is -2.19. The van der Waals surface area contributed by atoms with Gasteiger partial charge in [0.25, 0.3) is 0 Å². The van der Waals surface area contributed by atoms with Crippen molar-refractivity contribution in [1.82, 2.24) is 5.32 Å². The molecule has 0 saturated heterocycles. The minimum atomic E-state index is -1.18. The van der Waals surface area contributed by atoms with Crippen molar-refractivity contribution in [3.63, 3.8) is 0 Å². The van der Waals surface area contributed by atoms with Crippen LogP contribution in [0.4, 0.5) is 0 Å². The van der Waals surface area contributed by atoms with Gasteiger partial charge in [-0.2, -0.15) is 0 Å². The van der Waals surface area contributed by atoms with Gasteiger partial charge in [0, 0.05) is 13.3 Å². The summed E-state index contributed by atoms with van der Waals surface area (Å²) < 4.78 is 0. The lowest BCUT2D eigenvalue weighted by Crippen LogP contribution is -2.47. The molecule has 0 aliphatic rings. The SMILES string of the molecule is CC(=O)N[C@@H](CCC(N)=O)C(N)O. The van der Waals surface area contributed by atoms with Gasteiger partial charge < -0.3 is 21.9 Å². The molecule has 0 aromatic heterocycles. The van der Waals surface area contributed by atoms with E-state index >= 15 is 0 Å². The molecule has 0 fully saturated rings. The number of amides is 2. The second-order valence-corrected chi connectivity index (χ2v) is 2.80. The van der Waals surface area contributed by atoms with E-state index in [1.54, 1.807) is 0 Å². The summed E-state index contributed by atoms with van der Waals surface area (Å²) in [4.78, 5) is 21.0. The Balaban J connectivity index is 3.95. The van der Waals surface area contributed by atoms with Crippen molar-refractivity contribution in [3.8, 4) is 0 Å². The van der Waals surface area contributed by atoms with E-state index < -0.39 is 18.2 Å². The predicted octanol–water partition coefficient (Wildman–Crippen LogP) is -1.97. The van der Waals surface area contributed by atoms with E-state index in [4.69, 9.17) is 16.6 Å². The number of primary amides is 1. The lowest BCUT2D eigenvalue weighted by molar-refractivity contribution is -0.122. The van der Waals surface area contributed by atoms with Crippen LogP contribution in [0, 0.1) is 0 Å². The maximum Gasteiger partial charge on any atom is 0.217 e. The summed E-state index contributed by atoms with van der Waals surface area (Å²) in [5.41, 5.74) is 10.1. The largest absolute Gasteiger partial charge is 0.377 e. The van der Waals surface area contributed by atoms with Gasteiger partial charge in [-0.1, -0.05) is 0 Å². The topological polar surface area (TPSA) is 118 Å². The van der Waals surface area contributed by atoms with Gasteiger partial charge in [0.1, 0.15) is 6.23 Å². The molecular formula is C7H15N3O3. The molecule has 76 valence electrons. The molecule has 0 saturated carbocycles. The fraction of sp³-hybridized carbons (Fsp3) is 0.714. The molecular weight excluding hydrogens is 174 g/mol. The highest BCUT2D eigenvalue weighted by molar-refractivity contribution is 5.74. The van der Waals surface area contributed by atoms with Crippen molar-refractivity contribution >= 4 is 11.8 Å². The van der Waals surface area contributed by atoms with Crippen molar-refractivity contribution < 1.29 is 14.7 Å². The zero-order chi connectivity index (χ0) is 10.4. The molecule has 6 N–H and O–H groups in total. The number of nitrogens with two attached hydrogens (primary N) is 2. The summed E-state index contributed by atoms with van der Waals surface area (Å²) in [6.45, 7) is 1.31. The molecule has 2 atom stereocenters. The average Bonchev–Trinajstić information content (AvgIpc) is 1.96. The summed E-state index contributed by atoms with van der Waals surface area (Å²) in [6, 6.07) is -0.620. The average molecular weight is 189 g/mol. The zero-order valence-electron chi connectivity index (χ0n) is 7.49. The molecule has 1 unspecified atom stereocenters. The quantitative estimate of drug-likeness (QED) is 0.375. The predicted molar refractivity (Wildman–Crippen MR) is 46.2 cm³/mol. The first kappa shape index (κ1) is 11.9. The lowest BCUT2D eigenvalue weighted by atomic mass is 10.1. The van der Waals surface area contributed by atoms with Crippen LogP contribution in [-0.4, -0.2) is 29.2 Å². The van der Waals surface area contributed by atoms with Gasteiger partial charge in [0.15, 0.2) is 0 Å². The van der Waals surface area contributed by atoms with Crippen molar-refractivity contribution in [1.29, 1.82) is 0 Å². The summed E-state index contributed by atoms with van der Waals surface area (Å²) in [5.74, 6) is -0.796. The van der Waals surface area contributed by atoms with Gasteiger partial charge >= 0.3 is 0 Å². The Morgan fingerprint density at radius 3 is 2.38 bits per heavy atom. The van der Waals surface area contributed by atoms with Gasteiger partial charge in [-0.25, -0.2) is 0 Å². The Labute approximate surface area is 76.3 Å². The molecule has 0 radical (unpaired) electrons. The number of rotatable bonds is 5. The Bertz CT molecular complexity index is 193. The number of carbonyl (C=O) groups excluding carboxylic acids is 2. The van der Waals surface area contributed by atoms with Gasteiger partial charge in [0.2, 0.25) is 11.8 Å². The van der Waals surface area contributed by atoms with E-state index in [1.807, 2.05) is 0 Å². The Morgan fingerprint density at radius 2 is 2.08 bits per heavy atom. The van der Waals surface area contributed by atoms with Crippen LogP contribution in [0.5, 0.6) is 0 Å². The highest BCUT2D eigenvalue weighted by Gasteiger charge is 2.16. The smallest absolute Gasteiger partial charge is 0.217 e. The summed E-state index contributed by atoms with van der Waals surface area (Å²) >= 11 is 0. The molecule has 0 spiro atoms. The third-order valence-corrected chi connectivity index (χ3v) is 1.50. The van der Waals surface area contributed by atoms with Crippen molar-refractivity contribution in [2.24, 2.45) is 11.5 Å². The van der Waals surface area contributed by atoms with Gasteiger partial charge in [-0.05, 0) is 6.42 Å². The minimum absolute atomic E-state index is 0.0825. The maximum absolute atomic E-state index is 10.6. The zero-order valence-corrected chi connectivity index (χ0v) is 7.49. The number of carbonyl (C=O) groups is 2. The molecule has 13 heavy (non-hydrogen) atoms. The third kappa shape index (κ3) is 6.06. The van der Waals surface area contributed by atoms with Gasteiger partial charge in [-0.15, -0.1) is 0 Å². The maximum atomic E-state index is 10.6. The van der Waals surface area contributed by atoms with Crippen LogP contribution in [0.1, 0.15) is 19.8 Å². The van der Waals surface area contributed by atoms with Crippen LogP contribution in [0.25, 0.3) is 0 Å². The number of nitrogens with one attached hydrogen (secondary N) is 1. The van der Waals surface area contributed by atoms with Crippen LogP contribution in [0.15, 0.2) is 0 Å². The highest BCUT2D eigenvalue weighted by Crippen LogP contribution is 1.98. The third-order valence-electron chi connectivity index (χ3n) is 1.50. The molecule has 2 amide bonds. The molecule has 0 aromatic rings. The second kappa shape index (κ2) is 5.50. The number of aliphatic hydroxyl groups is 1. The van der Waals surface area contributed by atoms with Gasteiger partial charge in [-0.3, -0.25) is 9.59 Å². The highest BCUT2D eigenvalue weighted by atomic mass is 16.3. The van der Waals surface area contributed by atoms with E-state index in [9.17, 15) is 9.59 Å². The number of hydrogen-bond acceptors (Lipinski definition) is 4. The van der Waals surface area contributed by atoms with Crippen LogP contribution in [-0.2, 0) is 9.59 Å². The molecule has 0 aliphatic carbocycles. The van der Waals surface area contributed by atoms with E-state index in [-0.39, 0.29) is 18.7 Å². The molecule has 0 bridgehead atoms. The monoisotopic (exact) mass is 189 g/mol. The first-order chi connectivity index (χ1) is 5.93. The summed E-state index contributed by atoms with van der Waals surface area (Å²) in [6.07, 6.45) is -0.852. The Hall–Kier alpha value is -1.14. The van der Waals surface area contributed by atoms with Crippen molar-refractivity contribution in [2.75, 3.05) is 0 Å². The van der Waals surface area contributed by atoms with E-state index in [0.29, 0.717) is 0 Å². The van der Waals surface area contributed by atoms with Crippen LogP contribution in [0.3, 0.4) is 0 Å². The van der Waals surface area contributed by atoms with Gasteiger partial charge in [0.05, 0.1) is 6.04 Å². The number of aliphatic hydroxyl groups excluding tert-OH is 1. The minimum Gasteiger partial charge on any atom is -0.377 e. The van der Waals surface area contributed by atoms with Crippen molar-refractivity contribution in [3.05, 3.63) is 0 Å². The van der Waals surface area contributed by atoms with E-state index in [2.05, 4.69) is 5.32 Å². The molecule has 0 heterocycles. The Kier molecular flexibility index (Phi) is 5.01.